The molecule has 3 radical (unpaired) electrons. The van der Waals surface area contributed by atoms with Crippen molar-refractivity contribution in [3.8, 4) is 17.2 Å². The van der Waals surface area contributed by atoms with E-state index in [9.17, 15) is 29.4 Å². The van der Waals surface area contributed by atoms with Gasteiger partial charge in [-0.3, -0.25) is 19.2 Å². The summed E-state index contributed by atoms with van der Waals surface area (Å²) in [5.74, 6) is -0.934. The number of aromatic hydroxyl groups is 3. The molecule has 4 amide bonds. The van der Waals surface area contributed by atoms with Crippen LogP contribution in [0.4, 0.5) is 28.4 Å². The molecule has 12 nitrogen and oxygen atoms in total. The number of rotatable bonds is 4. The fourth-order valence-corrected chi connectivity index (χ4v) is 2.60. The van der Waals surface area contributed by atoms with Crippen molar-refractivity contribution in [3.63, 3.8) is 0 Å². The number of hydrogen-bond acceptors (Lipinski definition) is 8. The molecule has 217 valence electrons. The normalized spacial score (nSPS) is 8.79. The Balaban J connectivity index is -0.000000529. The van der Waals surface area contributed by atoms with Crippen molar-refractivity contribution < 1.29 is 133 Å². The van der Waals surface area contributed by atoms with E-state index in [1.54, 1.807) is 13.0 Å². The monoisotopic (exact) mass is 803 g/mol. The summed E-state index contributed by atoms with van der Waals surface area (Å²) in [5, 5.41) is 37.7. The third-order valence-electron chi connectivity index (χ3n) is 4.26. The van der Waals surface area contributed by atoms with Gasteiger partial charge < -0.3 is 42.3 Å². The third kappa shape index (κ3) is 18.6. The average molecular weight is 803 g/mol. The number of benzene rings is 3. The average Bonchev–Trinajstić information content (AvgIpc) is 2.80. The van der Waals surface area contributed by atoms with Crippen LogP contribution in [0.1, 0.15) is 33.3 Å². The molecule has 42 heavy (non-hydrogen) atoms. The Kier molecular flexibility index (Phi) is 23.9. The van der Waals surface area contributed by atoms with Crippen molar-refractivity contribution in [2.45, 2.75) is 34.6 Å². The Morgan fingerprint density at radius 2 is 0.952 bits per heavy atom. The Hall–Kier alpha value is -1.95. The van der Waals surface area contributed by atoms with Crippen LogP contribution in [0.2, 0.25) is 0 Å². The molecule has 0 aliphatic carbocycles. The fraction of sp³-hybridized carbons (Fsp3) is 0.185. The van der Waals surface area contributed by atoms with Gasteiger partial charge in [0.2, 0.25) is 23.6 Å². The topological polar surface area (TPSA) is 203 Å². The molecule has 0 saturated heterocycles. The molecule has 0 aromatic heterocycles. The molecule has 3 rings (SSSR count). The number of anilines is 5. The molecule has 3 aromatic carbocycles. The minimum atomic E-state index is -0.286. The number of nitrogens with one attached hydrogen (secondary N) is 4. The van der Waals surface area contributed by atoms with E-state index in [1.165, 1.54) is 58.0 Å². The maximum Gasteiger partial charge on any atom is 0.219 e. The molecule has 0 fully saturated rings. The maximum absolute atomic E-state index is 10.7. The number of phenolic OH excluding ortho intramolecular Hbond substituents is 3. The van der Waals surface area contributed by atoms with Crippen LogP contribution in [0.5, 0.6) is 17.2 Å². The van der Waals surface area contributed by atoms with Crippen LogP contribution < -0.4 is 27.0 Å². The number of carbonyl (C=O) groups is 4. The van der Waals surface area contributed by atoms with Crippen molar-refractivity contribution in [1.29, 1.82) is 0 Å². The number of phenols is 3. The van der Waals surface area contributed by atoms with E-state index in [2.05, 4.69) is 39.5 Å². The molecular formula is C27H30N5O7Y3-3. The van der Waals surface area contributed by atoms with Crippen molar-refractivity contribution in [1.82, 2.24) is 0 Å². The molecule has 0 saturated carbocycles. The zero-order valence-electron chi connectivity index (χ0n) is 23.7. The van der Waals surface area contributed by atoms with E-state index in [0.717, 1.165) is 5.56 Å². The van der Waals surface area contributed by atoms with Gasteiger partial charge in [-0.1, -0.05) is 24.0 Å². The summed E-state index contributed by atoms with van der Waals surface area (Å²) < 4.78 is 0. The fourth-order valence-electron chi connectivity index (χ4n) is 2.60. The first kappa shape index (κ1) is 44.5. The first-order chi connectivity index (χ1) is 18.2. The molecule has 0 bridgehead atoms. The van der Waals surface area contributed by atoms with Gasteiger partial charge in [0.15, 0.2) is 0 Å². The van der Waals surface area contributed by atoms with E-state index < -0.39 is 0 Å². The van der Waals surface area contributed by atoms with Crippen molar-refractivity contribution in [3.05, 3.63) is 60.2 Å². The number of hydrogen-bond donors (Lipinski definition) is 8. The summed E-state index contributed by atoms with van der Waals surface area (Å²) in [6.07, 6.45) is 0. The molecule has 9 N–H and O–H groups in total. The van der Waals surface area contributed by atoms with E-state index >= 15 is 0 Å². The first-order valence-corrected chi connectivity index (χ1v) is 11.2. The quantitative estimate of drug-likeness (QED) is 0.112. The second-order valence-electron chi connectivity index (χ2n) is 7.97. The standard InChI is InChI=1S/C10H11N2O3.C9H10NO2.C8H9N2O2.3Y/c1-6(13)11-8-3-4-9(10(15)5-8)12-7(2)14;1-6-3-4-8(5-9(6)12)10-7(2)11;1-5(11)10-6-2-3-7(9)8(12)4-6;;;/h4-5,15H,1-2H3,(H,11,13)(H,12,14);3,5,12H,1-2H3,(H,10,11);3-4,12H,9H2,1H3,(H,10,11);;;/q3*-1;;;. The summed E-state index contributed by atoms with van der Waals surface area (Å²) in [7, 11) is 0. The van der Waals surface area contributed by atoms with Crippen LogP contribution in [0.15, 0.2) is 36.4 Å². The van der Waals surface area contributed by atoms with Gasteiger partial charge in [-0.15, -0.1) is 35.9 Å². The largest absolute Gasteiger partial charge is 0.533 e. The Bertz CT molecular complexity index is 1290. The van der Waals surface area contributed by atoms with E-state index in [4.69, 9.17) is 10.8 Å². The molecule has 15 heteroatoms. The Morgan fingerprint density at radius 1 is 0.595 bits per heavy atom. The summed E-state index contributed by atoms with van der Waals surface area (Å²) >= 11 is 0. The Morgan fingerprint density at radius 3 is 1.31 bits per heavy atom. The third-order valence-corrected chi connectivity index (χ3v) is 4.26. The van der Waals surface area contributed by atoms with E-state index in [0.29, 0.717) is 17.1 Å². The van der Waals surface area contributed by atoms with Crippen LogP contribution >= 0.6 is 0 Å². The zero-order chi connectivity index (χ0) is 29.7. The molecule has 0 atom stereocenters. The first-order valence-electron chi connectivity index (χ1n) is 11.2. The molecular weight excluding hydrogens is 773 g/mol. The van der Waals surface area contributed by atoms with Crippen molar-refractivity contribution in [2.24, 2.45) is 0 Å². The predicted molar refractivity (Wildman–Crippen MR) is 147 cm³/mol. The van der Waals surface area contributed by atoms with Gasteiger partial charge in [0, 0.05) is 143 Å². The predicted octanol–water partition coefficient (Wildman–Crippen LogP) is 3.29. The number of amides is 4. The summed E-state index contributed by atoms with van der Waals surface area (Å²) in [6, 6.07) is 16.8. The van der Waals surface area contributed by atoms with E-state index in [1.807, 2.05) is 0 Å². The smallest absolute Gasteiger partial charge is 0.219 e. The van der Waals surface area contributed by atoms with Gasteiger partial charge in [-0.2, -0.15) is 24.3 Å². The van der Waals surface area contributed by atoms with Gasteiger partial charge in [0.05, 0.1) is 0 Å². The minimum absolute atomic E-state index is 0. The van der Waals surface area contributed by atoms with Gasteiger partial charge >= 0.3 is 0 Å². The van der Waals surface area contributed by atoms with Crippen LogP contribution in [-0.2, 0) is 117 Å². The van der Waals surface area contributed by atoms with Crippen LogP contribution in [0.3, 0.4) is 0 Å². The van der Waals surface area contributed by atoms with Gasteiger partial charge in [0.1, 0.15) is 0 Å². The second kappa shape index (κ2) is 22.6. The second-order valence-corrected chi connectivity index (χ2v) is 7.97. The number of nitrogen functional groups attached to an aromatic ring is 1. The van der Waals surface area contributed by atoms with Crippen LogP contribution in [0.25, 0.3) is 0 Å². The summed E-state index contributed by atoms with van der Waals surface area (Å²) in [6.45, 7) is 7.24. The number of aryl methyl sites for hydroxylation is 1. The molecule has 0 aliphatic heterocycles. The van der Waals surface area contributed by atoms with Crippen LogP contribution in [-0.4, -0.2) is 38.9 Å². The van der Waals surface area contributed by atoms with Gasteiger partial charge in [0.25, 0.3) is 0 Å². The van der Waals surface area contributed by atoms with E-state index in [-0.39, 0.29) is 150 Å². The summed E-state index contributed by atoms with van der Waals surface area (Å²) in [5.41, 5.74) is 7.82. The molecule has 0 unspecified atom stereocenters. The summed E-state index contributed by atoms with van der Waals surface area (Å²) in [4.78, 5) is 42.6. The molecule has 0 heterocycles. The van der Waals surface area contributed by atoms with Crippen LogP contribution in [0, 0.1) is 25.1 Å². The van der Waals surface area contributed by atoms with Gasteiger partial charge in [-0.25, -0.2) is 0 Å². The van der Waals surface area contributed by atoms with Crippen molar-refractivity contribution >= 4 is 52.1 Å². The number of nitrogens with two attached hydrogens (primary N) is 1. The molecule has 0 aliphatic rings. The maximum atomic E-state index is 10.7. The van der Waals surface area contributed by atoms with Crippen molar-refractivity contribution in [2.75, 3.05) is 27.0 Å². The molecule has 3 aromatic rings. The Labute approximate surface area is 320 Å². The van der Waals surface area contributed by atoms with Gasteiger partial charge in [-0.05, 0) is 11.4 Å². The SMILES string of the molecule is CC(=O)Nc1[c-]cc(C)c(O)c1.CC(=O)Nc1[c-]cc(N)c(O)c1.CC(=O)Nc1[c-]cc(NC(C)=O)c(O)c1.[Y].[Y].[Y]. The number of carbonyl (C=O) groups excluding carboxylic acids is 4. The minimum Gasteiger partial charge on any atom is -0.533 e. The zero-order valence-corrected chi connectivity index (χ0v) is 32.3. The molecule has 0 spiro atoms.